The second-order valence-corrected chi connectivity index (χ2v) is 4.97. The predicted octanol–water partition coefficient (Wildman–Crippen LogP) is 3.70. The van der Waals surface area contributed by atoms with Gasteiger partial charge in [0.05, 0.1) is 10.6 Å². The zero-order chi connectivity index (χ0) is 14.8. The van der Waals surface area contributed by atoms with Crippen molar-refractivity contribution < 1.29 is 8.91 Å². The Balaban J connectivity index is 1.86. The van der Waals surface area contributed by atoms with Gasteiger partial charge >= 0.3 is 0 Å². The van der Waals surface area contributed by atoms with Crippen LogP contribution >= 0.6 is 11.6 Å². The lowest BCUT2D eigenvalue weighted by molar-refractivity contribution is 0.424. The van der Waals surface area contributed by atoms with Crippen LogP contribution in [0.5, 0.6) is 0 Å². The van der Waals surface area contributed by atoms with Crippen molar-refractivity contribution >= 4 is 17.3 Å². The molecule has 0 aliphatic heterocycles. The molecule has 4 nitrogen and oxygen atoms in total. The zero-order valence-electron chi connectivity index (χ0n) is 10.9. The molecule has 0 amide bonds. The van der Waals surface area contributed by atoms with Crippen LogP contribution in [-0.2, 0) is 6.42 Å². The van der Waals surface area contributed by atoms with Crippen molar-refractivity contribution in [3.05, 3.63) is 64.7 Å². The van der Waals surface area contributed by atoms with Crippen LogP contribution in [0.3, 0.4) is 0 Å². The van der Waals surface area contributed by atoms with Crippen molar-refractivity contribution in [3.8, 4) is 11.5 Å². The maximum absolute atomic E-state index is 13.1. The molecule has 0 aliphatic carbocycles. The largest absolute Gasteiger partial charge is 0.399 e. The third kappa shape index (κ3) is 3.03. The van der Waals surface area contributed by atoms with Gasteiger partial charge in [-0.15, -0.1) is 0 Å². The Morgan fingerprint density at radius 1 is 1.19 bits per heavy atom. The van der Waals surface area contributed by atoms with Gasteiger partial charge in [0.15, 0.2) is 5.82 Å². The van der Waals surface area contributed by atoms with E-state index in [0.717, 1.165) is 5.56 Å². The van der Waals surface area contributed by atoms with Crippen LogP contribution in [0.2, 0.25) is 5.02 Å². The highest BCUT2D eigenvalue weighted by atomic mass is 35.5. The molecule has 2 N–H and O–H groups in total. The van der Waals surface area contributed by atoms with Crippen molar-refractivity contribution in [2.24, 2.45) is 0 Å². The summed E-state index contributed by atoms with van der Waals surface area (Å²) >= 11 is 6.10. The topological polar surface area (TPSA) is 64.9 Å². The maximum Gasteiger partial charge on any atom is 0.259 e. The van der Waals surface area contributed by atoms with E-state index in [-0.39, 0.29) is 5.82 Å². The molecule has 0 saturated heterocycles. The Kier molecular flexibility index (Phi) is 3.58. The second kappa shape index (κ2) is 5.54. The lowest BCUT2D eigenvalue weighted by atomic mass is 10.1. The van der Waals surface area contributed by atoms with Crippen LogP contribution in [-0.4, -0.2) is 10.1 Å². The third-order valence-electron chi connectivity index (χ3n) is 2.94. The van der Waals surface area contributed by atoms with E-state index in [9.17, 15) is 4.39 Å². The average Bonchev–Trinajstić information content (AvgIpc) is 2.87. The summed E-state index contributed by atoms with van der Waals surface area (Å²) in [6, 6.07) is 11.3. The minimum Gasteiger partial charge on any atom is -0.399 e. The highest BCUT2D eigenvalue weighted by Crippen LogP contribution is 2.28. The summed E-state index contributed by atoms with van der Waals surface area (Å²) in [4.78, 5) is 4.27. The minimum absolute atomic E-state index is 0.294. The molecule has 3 rings (SSSR count). The number of nitrogens with two attached hydrogens (primary N) is 1. The number of nitrogens with zero attached hydrogens (tertiary/aromatic N) is 2. The Morgan fingerprint density at radius 2 is 2.05 bits per heavy atom. The highest BCUT2D eigenvalue weighted by molar-refractivity contribution is 6.33. The van der Waals surface area contributed by atoms with Gasteiger partial charge in [-0.2, -0.15) is 4.98 Å². The molecule has 0 aliphatic rings. The molecule has 1 heterocycles. The van der Waals surface area contributed by atoms with Crippen molar-refractivity contribution in [1.29, 1.82) is 0 Å². The van der Waals surface area contributed by atoms with E-state index in [4.69, 9.17) is 21.9 Å². The highest BCUT2D eigenvalue weighted by Gasteiger charge is 2.13. The molecule has 0 saturated carbocycles. The van der Waals surface area contributed by atoms with E-state index < -0.39 is 0 Å². The monoisotopic (exact) mass is 303 g/mol. The Morgan fingerprint density at radius 3 is 2.81 bits per heavy atom. The molecule has 0 unspecified atom stereocenters. The van der Waals surface area contributed by atoms with Gasteiger partial charge in [-0.25, -0.2) is 4.39 Å². The number of aromatic nitrogens is 2. The number of rotatable bonds is 3. The lowest BCUT2D eigenvalue weighted by Crippen LogP contribution is -1.91. The fourth-order valence-electron chi connectivity index (χ4n) is 1.97. The normalized spacial score (nSPS) is 10.8. The minimum atomic E-state index is -0.294. The second-order valence-electron chi connectivity index (χ2n) is 4.56. The molecule has 6 heteroatoms. The summed E-state index contributed by atoms with van der Waals surface area (Å²) < 4.78 is 18.3. The van der Waals surface area contributed by atoms with Crippen molar-refractivity contribution in [3.63, 3.8) is 0 Å². The molecule has 3 aromatic rings. The van der Waals surface area contributed by atoms with E-state index >= 15 is 0 Å². The fraction of sp³-hybridized carbons (Fsp3) is 0.0667. The number of hydrogen-bond donors (Lipinski definition) is 1. The van der Waals surface area contributed by atoms with Crippen LogP contribution in [0.1, 0.15) is 11.4 Å². The van der Waals surface area contributed by atoms with E-state index in [1.165, 1.54) is 12.1 Å². The number of anilines is 1. The number of hydrogen-bond acceptors (Lipinski definition) is 4. The predicted molar refractivity (Wildman–Crippen MR) is 78.4 cm³/mol. The van der Waals surface area contributed by atoms with Gasteiger partial charge in [-0.1, -0.05) is 28.9 Å². The van der Waals surface area contributed by atoms with Gasteiger partial charge in [0.25, 0.3) is 5.89 Å². The molecule has 0 fully saturated rings. The first-order valence-electron chi connectivity index (χ1n) is 6.24. The van der Waals surface area contributed by atoms with Crippen LogP contribution in [0.15, 0.2) is 47.0 Å². The van der Waals surface area contributed by atoms with Crippen LogP contribution in [0.4, 0.5) is 10.1 Å². The van der Waals surface area contributed by atoms with E-state index in [1.54, 1.807) is 30.3 Å². The first-order chi connectivity index (χ1) is 10.1. The van der Waals surface area contributed by atoms with E-state index in [1.807, 2.05) is 0 Å². The fourth-order valence-corrected chi connectivity index (χ4v) is 2.24. The molecule has 21 heavy (non-hydrogen) atoms. The van der Waals surface area contributed by atoms with Crippen molar-refractivity contribution in [2.45, 2.75) is 6.42 Å². The van der Waals surface area contributed by atoms with Crippen molar-refractivity contribution in [1.82, 2.24) is 10.1 Å². The summed E-state index contributed by atoms with van der Waals surface area (Å²) in [6.45, 7) is 0. The molecule has 0 atom stereocenters. The molecule has 0 spiro atoms. The van der Waals surface area contributed by atoms with Crippen LogP contribution in [0, 0.1) is 5.82 Å². The summed E-state index contributed by atoms with van der Waals surface area (Å²) in [7, 11) is 0. The quantitative estimate of drug-likeness (QED) is 0.749. The summed E-state index contributed by atoms with van der Waals surface area (Å²) in [6.07, 6.45) is 0.383. The van der Waals surface area contributed by atoms with Gasteiger partial charge in [0.2, 0.25) is 0 Å². The number of nitrogen functional groups attached to an aromatic ring is 1. The van der Waals surface area contributed by atoms with Crippen LogP contribution in [0.25, 0.3) is 11.5 Å². The summed E-state index contributed by atoms with van der Waals surface area (Å²) in [5.74, 6) is 0.479. The first-order valence-corrected chi connectivity index (χ1v) is 6.62. The molecule has 1 aromatic heterocycles. The third-order valence-corrected chi connectivity index (χ3v) is 3.26. The molecule has 0 bridgehead atoms. The van der Waals surface area contributed by atoms with Crippen molar-refractivity contribution in [2.75, 3.05) is 5.73 Å². The molecular formula is C15H11ClFN3O. The Hall–Kier alpha value is -2.40. The number of halogens is 2. The summed E-state index contributed by atoms with van der Waals surface area (Å²) in [5, 5.41) is 4.32. The number of benzene rings is 2. The Bertz CT molecular complexity index is 788. The van der Waals surface area contributed by atoms with E-state index in [2.05, 4.69) is 10.1 Å². The standard InChI is InChI=1S/C15H11ClFN3O/c16-13-8-11(18)4-5-12(13)15-19-14(20-21-15)7-9-2-1-3-10(17)6-9/h1-6,8H,7,18H2. The van der Waals surface area contributed by atoms with Gasteiger partial charge in [-0.3, -0.25) is 0 Å². The van der Waals surface area contributed by atoms with Gasteiger partial charge in [0, 0.05) is 12.1 Å². The SMILES string of the molecule is Nc1ccc(-c2nc(Cc3cccc(F)c3)no2)c(Cl)c1. The smallest absolute Gasteiger partial charge is 0.259 e. The van der Waals surface area contributed by atoms with Gasteiger partial charge < -0.3 is 10.3 Å². The molecular weight excluding hydrogens is 293 g/mol. The molecule has 0 radical (unpaired) electrons. The van der Waals surface area contributed by atoms with Crippen LogP contribution < -0.4 is 5.73 Å². The average molecular weight is 304 g/mol. The molecule has 106 valence electrons. The van der Waals surface area contributed by atoms with Gasteiger partial charge in [0.1, 0.15) is 5.82 Å². The summed E-state index contributed by atoms with van der Waals surface area (Å²) in [5.41, 5.74) is 7.58. The Labute approximate surface area is 125 Å². The maximum atomic E-state index is 13.1. The lowest BCUT2D eigenvalue weighted by Gasteiger charge is -1.99. The van der Waals surface area contributed by atoms with Gasteiger partial charge in [-0.05, 0) is 35.9 Å². The first kappa shape index (κ1) is 13.6. The van der Waals surface area contributed by atoms with E-state index in [0.29, 0.717) is 34.4 Å². The zero-order valence-corrected chi connectivity index (χ0v) is 11.6. The molecule has 2 aromatic carbocycles.